The molecule has 0 atom stereocenters. The zero-order valence-corrected chi connectivity index (χ0v) is 16.0. The van der Waals surface area contributed by atoms with Crippen LogP contribution in [-0.2, 0) is 7.05 Å². The highest BCUT2D eigenvalue weighted by atomic mass is 15.2. The summed E-state index contributed by atoms with van der Waals surface area (Å²) in [5.41, 5.74) is 8.16. The minimum atomic E-state index is 0.164. The van der Waals surface area contributed by atoms with Crippen LogP contribution in [0.25, 0.3) is 16.0 Å². The Balaban J connectivity index is 1.67. The van der Waals surface area contributed by atoms with Crippen molar-refractivity contribution >= 4 is 34.3 Å². The first-order valence-corrected chi connectivity index (χ1v) is 9.31. The summed E-state index contributed by atoms with van der Waals surface area (Å²) in [6.07, 6.45) is 7.06. The predicted molar refractivity (Wildman–Crippen MR) is 109 cm³/mol. The van der Waals surface area contributed by atoms with E-state index < -0.39 is 0 Å². The van der Waals surface area contributed by atoms with Crippen LogP contribution in [0.2, 0.25) is 0 Å². The third-order valence-electron chi connectivity index (χ3n) is 5.36. The lowest BCUT2D eigenvalue weighted by Gasteiger charge is -2.32. The Bertz CT molecular complexity index is 1030. The monoisotopic (exact) mass is 377 g/mol. The molecule has 3 heterocycles. The van der Waals surface area contributed by atoms with Crippen LogP contribution in [0.1, 0.15) is 25.7 Å². The van der Waals surface area contributed by atoms with E-state index >= 15 is 0 Å². The SMILES string of the molecule is [C-]#[N+]C1CCC(N(C)c2cc(Nc3cc(N)ncn3)c3ncn(C)c3n2)CC1. The molecule has 0 aliphatic heterocycles. The molecule has 0 spiro atoms. The van der Waals surface area contributed by atoms with Gasteiger partial charge in [-0.25, -0.2) is 26.5 Å². The van der Waals surface area contributed by atoms with Crippen molar-refractivity contribution < 1.29 is 0 Å². The summed E-state index contributed by atoms with van der Waals surface area (Å²) in [6.45, 7) is 7.24. The average Bonchev–Trinajstić information content (AvgIpc) is 3.09. The lowest BCUT2D eigenvalue weighted by Crippen LogP contribution is -2.36. The Hall–Kier alpha value is -3.41. The molecule has 9 heteroatoms. The number of aromatic nitrogens is 5. The van der Waals surface area contributed by atoms with Gasteiger partial charge in [0.25, 0.3) is 0 Å². The van der Waals surface area contributed by atoms with Crippen molar-refractivity contribution in [2.24, 2.45) is 7.05 Å². The Kier molecular flexibility index (Phi) is 4.69. The van der Waals surface area contributed by atoms with Crippen LogP contribution in [0.3, 0.4) is 0 Å². The Labute approximate surface area is 163 Å². The molecule has 1 aliphatic rings. The standard InChI is InChI=1S/C19H23N9/c1-21-12-4-6-13(7-5-12)28(3)17-8-14(18-19(26-17)27(2)11-24-18)25-16-9-15(20)22-10-23-16/h8-13H,4-7H2,2-3H3,(H3,20,22,23,25,26). The second-order valence-electron chi connectivity index (χ2n) is 7.21. The first kappa shape index (κ1) is 18.0. The number of anilines is 4. The fourth-order valence-electron chi connectivity index (χ4n) is 3.70. The van der Waals surface area contributed by atoms with Gasteiger partial charge in [0.2, 0.25) is 6.04 Å². The van der Waals surface area contributed by atoms with E-state index in [2.05, 4.69) is 37.1 Å². The molecule has 3 N–H and O–H groups in total. The maximum Gasteiger partial charge on any atom is 0.223 e. The molecule has 144 valence electrons. The number of hydrogen-bond donors (Lipinski definition) is 2. The van der Waals surface area contributed by atoms with Crippen LogP contribution < -0.4 is 16.0 Å². The van der Waals surface area contributed by atoms with Gasteiger partial charge in [-0.15, -0.1) is 0 Å². The number of pyridine rings is 1. The molecule has 0 aromatic carbocycles. The average molecular weight is 377 g/mol. The highest BCUT2D eigenvalue weighted by Crippen LogP contribution is 2.32. The number of nitrogens with zero attached hydrogens (tertiary/aromatic N) is 7. The van der Waals surface area contributed by atoms with Crippen molar-refractivity contribution in [3.05, 3.63) is 36.2 Å². The molecular formula is C19H23N9. The fraction of sp³-hybridized carbons (Fsp3) is 0.421. The van der Waals surface area contributed by atoms with Crippen molar-refractivity contribution in [1.29, 1.82) is 0 Å². The summed E-state index contributed by atoms with van der Waals surface area (Å²) in [6, 6.07) is 4.22. The molecule has 9 nitrogen and oxygen atoms in total. The number of aryl methyl sites for hydroxylation is 1. The first-order valence-electron chi connectivity index (χ1n) is 9.31. The van der Waals surface area contributed by atoms with Crippen LogP contribution in [0.4, 0.5) is 23.1 Å². The van der Waals surface area contributed by atoms with Gasteiger partial charge < -0.3 is 25.4 Å². The van der Waals surface area contributed by atoms with Crippen molar-refractivity contribution in [1.82, 2.24) is 24.5 Å². The summed E-state index contributed by atoms with van der Waals surface area (Å²) in [4.78, 5) is 23.4. The van der Waals surface area contributed by atoms with Crippen molar-refractivity contribution in [2.45, 2.75) is 37.8 Å². The van der Waals surface area contributed by atoms with Crippen LogP contribution in [0.15, 0.2) is 24.8 Å². The maximum atomic E-state index is 7.24. The number of fused-ring (bicyclic) bond motifs is 1. The molecular weight excluding hydrogens is 354 g/mol. The number of imidazole rings is 1. The number of rotatable bonds is 4. The predicted octanol–water partition coefficient (Wildman–Crippen LogP) is 2.75. The Morgan fingerprint density at radius 2 is 2.00 bits per heavy atom. The highest BCUT2D eigenvalue weighted by molar-refractivity contribution is 5.90. The van der Waals surface area contributed by atoms with E-state index in [4.69, 9.17) is 17.3 Å². The van der Waals surface area contributed by atoms with E-state index in [1.165, 1.54) is 6.33 Å². The second kappa shape index (κ2) is 7.31. The molecule has 4 rings (SSSR count). The van der Waals surface area contributed by atoms with E-state index in [-0.39, 0.29) is 6.04 Å². The van der Waals surface area contributed by atoms with Crippen LogP contribution in [-0.4, -0.2) is 43.6 Å². The number of nitrogens with one attached hydrogen (secondary N) is 1. The maximum absolute atomic E-state index is 7.24. The smallest absolute Gasteiger partial charge is 0.223 e. The van der Waals surface area contributed by atoms with Crippen LogP contribution in [0, 0.1) is 6.57 Å². The van der Waals surface area contributed by atoms with Gasteiger partial charge in [-0.05, 0) is 12.8 Å². The topological polar surface area (TPSA) is 102 Å². The van der Waals surface area contributed by atoms with E-state index in [9.17, 15) is 0 Å². The molecule has 0 amide bonds. The normalized spacial score (nSPS) is 19.3. The lowest BCUT2D eigenvalue weighted by atomic mass is 9.91. The van der Waals surface area contributed by atoms with E-state index in [1.54, 1.807) is 12.4 Å². The largest absolute Gasteiger partial charge is 0.384 e. The third kappa shape index (κ3) is 3.41. The molecule has 0 radical (unpaired) electrons. The summed E-state index contributed by atoms with van der Waals surface area (Å²) < 4.78 is 1.90. The molecule has 3 aromatic rings. The van der Waals surface area contributed by atoms with Gasteiger partial charge >= 0.3 is 0 Å². The number of nitrogen functional groups attached to an aromatic ring is 1. The number of nitrogens with two attached hydrogens (primary N) is 1. The van der Waals surface area contributed by atoms with E-state index in [0.717, 1.165) is 48.4 Å². The minimum absolute atomic E-state index is 0.164. The Morgan fingerprint density at radius 1 is 1.21 bits per heavy atom. The van der Waals surface area contributed by atoms with Gasteiger partial charge in [0.05, 0.1) is 12.0 Å². The Morgan fingerprint density at radius 3 is 2.71 bits per heavy atom. The molecule has 1 fully saturated rings. The van der Waals surface area contributed by atoms with Gasteiger partial charge in [0.15, 0.2) is 5.65 Å². The van der Waals surface area contributed by atoms with Gasteiger partial charge in [-0.1, -0.05) is 0 Å². The van der Waals surface area contributed by atoms with Gasteiger partial charge in [-0.2, -0.15) is 0 Å². The quantitative estimate of drug-likeness (QED) is 0.674. The van der Waals surface area contributed by atoms with Crippen molar-refractivity contribution in [2.75, 3.05) is 23.0 Å². The van der Waals surface area contributed by atoms with E-state index in [1.807, 2.05) is 17.7 Å². The zero-order chi connectivity index (χ0) is 19.7. The molecule has 0 saturated heterocycles. The van der Waals surface area contributed by atoms with Gasteiger partial charge in [-0.3, -0.25) is 0 Å². The van der Waals surface area contributed by atoms with Crippen molar-refractivity contribution in [3.8, 4) is 0 Å². The van der Waals surface area contributed by atoms with Crippen LogP contribution in [0.5, 0.6) is 0 Å². The van der Waals surface area contributed by atoms with Gasteiger partial charge in [0.1, 0.15) is 29.3 Å². The van der Waals surface area contributed by atoms with E-state index in [0.29, 0.717) is 17.7 Å². The van der Waals surface area contributed by atoms with Gasteiger partial charge in [0, 0.05) is 45.1 Å². The summed E-state index contributed by atoms with van der Waals surface area (Å²) in [5.74, 6) is 1.88. The van der Waals surface area contributed by atoms with Crippen LogP contribution >= 0.6 is 0 Å². The summed E-state index contributed by atoms with van der Waals surface area (Å²) in [5, 5.41) is 3.30. The number of hydrogen-bond acceptors (Lipinski definition) is 7. The molecule has 3 aromatic heterocycles. The van der Waals surface area contributed by atoms with Crippen molar-refractivity contribution in [3.63, 3.8) is 0 Å². The molecule has 1 saturated carbocycles. The second-order valence-corrected chi connectivity index (χ2v) is 7.21. The molecule has 1 aliphatic carbocycles. The first-order chi connectivity index (χ1) is 13.5. The molecule has 28 heavy (non-hydrogen) atoms. The highest BCUT2D eigenvalue weighted by Gasteiger charge is 2.28. The molecule has 0 bridgehead atoms. The summed E-state index contributed by atoms with van der Waals surface area (Å²) >= 11 is 0. The lowest BCUT2D eigenvalue weighted by molar-refractivity contribution is 0.410. The molecule has 0 unspecified atom stereocenters. The zero-order valence-electron chi connectivity index (χ0n) is 16.0. The summed E-state index contributed by atoms with van der Waals surface area (Å²) in [7, 11) is 4.00. The minimum Gasteiger partial charge on any atom is -0.384 e. The fourth-order valence-corrected chi connectivity index (χ4v) is 3.70. The third-order valence-corrected chi connectivity index (χ3v) is 5.36.